The molecule has 1 saturated carbocycles. The molecule has 1 aliphatic rings. The lowest BCUT2D eigenvalue weighted by atomic mass is 10.2. The maximum atomic E-state index is 12.0. The number of hydrogen-bond donors (Lipinski definition) is 1. The molecular weight excluding hydrogens is 276 g/mol. The van der Waals surface area contributed by atoms with Crippen molar-refractivity contribution in [2.24, 2.45) is 11.8 Å². The second-order valence-electron chi connectivity index (χ2n) is 5.47. The van der Waals surface area contributed by atoms with E-state index in [9.17, 15) is 9.59 Å². The summed E-state index contributed by atoms with van der Waals surface area (Å²) in [6.07, 6.45) is 0.583. The van der Waals surface area contributed by atoms with E-state index in [1.54, 1.807) is 11.3 Å². The Hall–Kier alpha value is -1.43. The number of hydrogen-bond acceptors (Lipinski definition) is 5. The van der Waals surface area contributed by atoms with Gasteiger partial charge in [0.05, 0.1) is 35.7 Å². The van der Waals surface area contributed by atoms with Crippen LogP contribution in [0.4, 0.5) is 0 Å². The Morgan fingerprint density at radius 3 is 2.65 bits per heavy atom. The molecule has 2 rings (SSSR count). The highest BCUT2D eigenvalue weighted by Crippen LogP contribution is 2.40. The van der Waals surface area contributed by atoms with E-state index in [-0.39, 0.29) is 29.8 Å². The summed E-state index contributed by atoms with van der Waals surface area (Å²) in [5.41, 5.74) is 0.877. The normalized spacial score (nSPS) is 22.4. The molecule has 0 saturated heterocycles. The van der Waals surface area contributed by atoms with Gasteiger partial charge < -0.3 is 10.1 Å². The Morgan fingerprint density at radius 1 is 1.40 bits per heavy atom. The monoisotopic (exact) mass is 296 g/mol. The average Bonchev–Trinajstić information content (AvgIpc) is 3.05. The molecule has 1 aromatic rings. The van der Waals surface area contributed by atoms with E-state index >= 15 is 0 Å². The van der Waals surface area contributed by atoms with Crippen LogP contribution in [0.1, 0.15) is 49.9 Å². The minimum atomic E-state index is -0.298. The Kier molecular flexibility index (Phi) is 4.42. The first-order valence-electron chi connectivity index (χ1n) is 6.77. The van der Waals surface area contributed by atoms with Crippen LogP contribution >= 0.6 is 11.3 Å². The van der Waals surface area contributed by atoms with Crippen LogP contribution < -0.4 is 5.32 Å². The van der Waals surface area contributed by atoms with Gasteiger partial charge in [-0.2, -0.15) is 0 Å². The molecule has 0 aliphatic heterocycles. The molecule has 0 unspecified atom stereocenters. The zero-order valence-corrected chi connectivity index (χ0v) is 13.0. The van der Waals surface area contributed by atoms with Gasteiger partial charge in [-0.3, -0.25) is 9.59 Å². The molecular formula is C14H20N2O3S. The van der Waals surface area contributed by atoms with Crippen molar-refractivity contribution in [3.63, 3.8) is 0 Å². The number of ether oxygens (including phenoxy) is 1. The molecule has 3 atom stereocenters. The Bertz CT molecular complexity index is 512. The van der Waals surface area contributed by atoms with Gasteiger partial charge in [-0.15, -0.1) is 11.3 Å². The van der Waals surface area contributed by atoms with E-state index in [0.29, 0.717) is 12.3 Å². The summed E-state index contributed by atoms with van der Waals surface area (Å²) in [4.78, 5) is 27.9. The maximum Gasteiger partial charge on any atom is 0.309 e. The standard InChI is InChI=1S/C14H20N2O3S/c1-7(2)13-16-11(6-20-13)8(3)15-12(17)9-5-10(9)14(18)19-4/h6-10H,5H2,1-4H3,(H,15,17)/t8-,9+,10+/m1/s1. The van der Waals surface area contributed by atoms with Gasteiger partial charge in [0.25, 0.3) is 0 Å². The highest BCUT2D eigenvalue weighted by atomic mass is 32.1. The summed E-state index contributed by atoms with van der Waals surface area (Å²) in [6.45, 7) is 6.10. The van der Waals surface area contributed by atoms with Gasteiger partial charge in [-0.1, -0.05) is 13.8 Å². The predicted octanol–water partition coefficient (Wildman–Crippen LogP) is 2.25. The molecule has 0 bridgehead atoms. The topological polar surface area (TPSA) is 68.3 Å². The van der Waals surface area contributed by atoms with Crippen LogP contribution in [-0.4, -0.2) is 24.0 Å². The fraction of sp³-hybridized carbons (Fsp3) is 0.643. The van der Waals surface area contributed by atoms with Gasteiger partial charge >= 0.3 is 5.97 Å². The highest BCUT2D eigenvalue weighted by molar-refractivity contribution is 7.09. The molecule has 1 fully saturated rings. The number of aromatic nitrogens is 1. The molecule has 110 valence electrons. The van der Waals surface area contributed by atoms with Crippen LogP contribution in [0.2, 0.25) is 0 Å². The molecule has 0 aromatic carbocycles. The number of nitrogens with zero attached hydrogens (tertiary/aromatic N) is 1. The molecule has 1 amide bonds. The van der Waals surface area contributed by atoms with Crippen LogP contribution in [0, 0.1) is 11.8 Å². The van der Waals surface area contributed by atoms with Gasteiger partial charge in [0.1, 0.15) is 0 Å². The van der Waals surface area contributed by atoms with Gasteiger partial charge in [0.15, 0.2) is 0 Å². The minimum absolute atomic E-state index is 0.0907. The van der Waals surface area contributed by atoms with E-state index in [4.69, 9.17) is 0 Å². The number of amides is 1. The quantitative estimate of drug-likeness (QED) is 0.846. The number of esters is 1. The third-order valence-electron chi connectivity index (χ3n) is 3.47. The fourth-order valence-corrected chi connectivity index (χ4v) is 2.98. The molecule has 1 heterocycles. The van der Waals surface area contributed by atoms with Gasteiger partial charge in [0.2, 0.25) is 5.91 Å². The molecule has 1 aromatic heterocycles. The Balaban J connectivity index is 1.90. The third kappa shape index (κ3) is 3.17. The van der Waals surface area contributed by atoms with Crippen molar-refractivity contribution in [3.8, 4) is 0 Å². The lowest BCUT2D eigenvalue weighted by molar-refractivity contribution is -0.143. The number of rotatable bonds is 5. The van der Waals surface area contributed by atoms with Crippen molar-refractivity contribution >= 4 is 23.2 Å². The fourth-order valence-electron chi connectivity index (χ4n) is 2.06. The summed E-state index contributed by atoms with van der Waals surface area (Å²) in [6, 6.07) is -0.134. The molecule has 6 heteroatoms. The highest BCUT2D eigenvalue weighted by Gasteiger charge is 2.49. The second kappa shape index (κ2) is 5.91. The van der Waals surface area contributed by atoms with Crippen molar-refractivity contribution in [1.82, 2.24) is 10.3 Å². The van der Waals surface area contributed by atoms with Crippen molar-refractivity contribution in [1.29, 1.82) is 0 Å². The number of carbonyl (C=O) groups excluding carboxylic acids is 2. The molecule has 0 radical (unpaired) electrons. The van der Waals surface area contributed by atoms with Crippen LogP contribution in [0.5, 0.6) is 0 Å². The first-order valence-corrected chi connectivity index (χ1v) is 7.65. The van der Waals surface area contributed by atoms with Gasteiger partial charge in [-0.25, -0.2) is 4.98 Å². The average molecular weight is 296 g/mol. The summed E-state index contributed by atoms with van der Waals surface area (Å²) >= 11 is 1.61. The van der Waals surface area contributed by atoms with Crippen LogP contribution in [-0.2, 0) is 14.3 Å². The van der Waals surface area contributed by atoms with E-state index in [1.807, 2.05) is 12.3 Å². The van der Waals surface area contributed by atoms with Crippen molar-refractivity contribution in [2.75, 3.05) is 7.11 Å². The SMILES string of the molecule is COC(=O)[C@H]1C[C@@H]1C(=O)N[C@H](C)c1csc(C(C)C)n1. The smallest absolute Gasteiger partial charge is 0.309 e. The van der Waals surface area contributed by atoms with E-state index in [0.717, 1.165) is 10.7 Å². The zero-order chi connectivity index (χ0) is 14.9. The summed E-state index contributed by atoms with van der Waals surface area (Å²) in [5, 5.41) is 5.96. The Morgan fingerprint density at radius 2 is 2.10 bits per heavy atom. The van der Waals surface area contributed by atoms with Crippen molar-refractivity contribution in [2.45, 2.75) is 39.2 Å². The first-order chi connectivity index (χ1) is 9.43. The third-order valence-corrected chi connectivity index (χ3v) is 4.63. The molecule has 1 N–H and O–H groups in total. The Labute approximate surface area is 122 Å². The molecule has 5 nitrogen and oxygen atoms in total. The maximum absolute atomic E-state index is 12.0. The summed E-state index contributed by atoms with van der Waals surface area (Å²) in [7, 11) is 1.35. The lowest BCUT2D eigenvalue weighted by Gasteiger charge is -2.11. The molecule has 20 heavy (non-hydrogen) atoms. The second-order valence-corrected chi connectivity index (χ2v) is 6.36. The van der Waals surface area contributed by atoms with Gasteiger partial charge in [0, 0.05) is 11.3 Å². The van der Waals surface area contributed by atoms with E-state index < -0.39 is 0 Å². The molecule has 1 aliphatic carbocycles. The number of nitrogens with one attached hydrogen (secondary N) is 1. The zero-order valence-electron chi connectivity index (χ0n) is 12.2. The summed E-state index contributed by atoms with van der Waals surface area (Å²) in [5.74, 6) is -0.508. The number of carbonyl (C=O) groups is 2. The van der Waals surface area contributed by atoms with Crippen LogP contribution in [0.15, 0.2) is 5.38 Å². The van der Waals surface area contributed by atoms with E-state index in [1.165, 1.54) is 7.11 Å². The molecule has 0 spiro atoms. The van der Waals surface area contributed by atoms with Gasteiger partial charge in [-0.05, 0) is 13.3 Å². The van der Waals surface area contributed by atoms with Crippen LogP contribution in [0.3, 0.4) is 0 Å². The first kappa shape index (κ1) is 15.0. The van der Waals surface area contributed by atoms with Crippen molar-refractivity contribution < 1.29 is 14.3 Å². The van der Waals surface area contributed by atoms with Crippen LogP contribution in [0.25, 0.3) is 0 Å². The minimum Gasteiger partial charge on any atom is -0.469 e. The largest absolute Gasteiger partial charge is 0.469 e. The van der Waals surface area contributed by atoms with Crippen molar-refractivity contribution in [3.05, 3.63) is 16.1 Å². The number of thiazole rings is 1. The number of methoxy groups -OCH3 is 1. The summed E-state index contributed by atoms with van der Waals surface area (Å²) < 4.78 is 4.64. The predicted molar refractivity (Wildman–Crippen MR) is 76.4 cm³/mol. The van der Waals surface area contributed by atoms with E-state index in [2.05, 4.69) is 28.9 Å². The lowest BCUT2D eigenvalue weighted by Crippen LogP contribution is -2.29.